The average molecular weight is 225 g/mol. The predicted molar refractivity (Wildman–Crippen MR) is 64.5 cm³/mol. The van der Waals surface area contributed by atoms with Crippen LogP contribution >= 0.6 is 0 Å². The molecule has 0 radical (unpaired) electrons. The summed E-state index contributed by atoms with van der Waals surface area (Å²) >= 11 is 0. The highest BCUT2D eigenvalue weighted by atomic mass is 19.1. The van der Waals surface area contributed by atoms with Crippen LogP contribution in [0.1, 0.15) is 32.8 Å². The number of benzene rings is 1. The van der Waals surface area contributed by atoms with Crippen molar-refractivity contribution >= 4 is 5.69 Å². The molecule has 0 aliphatic rings. The van der Waals surface area contributed by atoms with Crippen LogP contribution in [0.5, 0.6) is 0 Å². The molecular formula is C13H20FNO. The van der Waals surface area contributed by atoms with E-state index < -0.39 is 0 Å². The van der Waals surface area contributed by atoms with Crippen LogP contribution < -0.4 is 5.73 Å². The van der Waals surface area contributed by atoms with Crippen LogP contribution in [0.4, 0.5) is 10.1 Å². The number of nitrogen functional groups attached to an aromatic ring is 1. The third kappa shape index (κ3) is 3.81. The molecule has 1 atom stereocenters. The second kappa shape index (κ2) is 5.85. The van der Waals surface area contributed by atoms with Crippen LogP contribution in [0.25, 0.3) is 0 Å². The third-order valence-corrected chi connectivity index (χ3v) is 2.44. The minimum absolute atomic E-state index is 0.140. The molecule has 1 aromatic carbocycles. The van der Waals surface area contributed by atoms with Gasteiger partial charge in [0.05, 0.1) is 18.4 Å². The van der Waals surface area contributed by atoms with Gasteiger partial charge in [0, 0.05) is 5.56 Å². The molecule has 1 rings (SSSR count). The summed E-state index contributed by atoms with van der Waals surface area (Å²) in [5, 5.41) is 0. The number of hydrogen-bond acceptors (Lipinski definition) is 2. The minimum Gasteiger partial charge on any atom is -0.396 e. The summed E-state index contributed by atoms with van der Waals surface area (Å²) < 4.78 is 19.1. The Morgan fingerprint density at radius 1 is 1.31 bits per heavy atom. The van der Waals surface area contributed by atoms with Crippen LogP contribution in [0.2, 0.25) is 0 Å². The first-order chi connectivity index (χ1) is 7.50. The fraction of sp³-hybridized carbons (Fsp3) is 0.538. The van der Waals surface area contributed by atoms with Crippen LogP contribution in [-0.2, 0) is 11.3 Å². The molecule has 1 unspecified atom stereocenters. The molecule has 0 heterocycles. The van der Waals surface area contributed by atoms with Gasteiger partial charge in [-0.15, -0.1) is 0 Å². The van der Waals surface area contributed by atoms with E-state index in [-0.39, 0.29) is 24.2 Å². The highest BCUT2D eigenvalue weighted by molar-refractivity contribution is 5.42. The van der Waals surface area contributed by atoms with Crippen molar-refractivity contribution in [2.24, 2.45) is 5.92 Å². The lowest BCUT2D eigenvalue weighted by atomic mass is 10.1. The Hall–Kier alpha value is -1.09. The lowest BCUT2D eigenvalue weighted by Crippen LogP contribution is -2.12. The summed E-state index contributed by atoms with van der Waals surface area (Å²) in [5.74, 6) is 0.222. The highest BCUT2D eigenvalue weighted by Gasteiger charge is 2.09. The number of ether oxygens (including phenoxy) is 1. The summed E-state index contributed by atoms with van der Waals surface area (Å²) in [4.78, 5) is 0. The maximum Gasteiger partial charge on any atom is 0.151 e. The summed E-state index contributed by atoms with van der Waals surface area (Å²) in [6, 6.07) is 4.99. The quantitative estimate of drug-likeness (QED) is 0.780. The number of rotatable bonds is 5. The smallest absolute Gasteiger partial charge is 0.151 e. The van der Waals surface area contributed by atoms with Gasteiger partial charge in [0.1, 0.15) is 0 Å². The van der Waals surface area contributed by atoms with E-state index in [2.05, 4.69) is 13.8 Å². The van der Waals surface area contributed by atoms with Crippen molar-refractivity contribution in [2.45, 2.75) is 39.9 Å². The van der Waals surface area contributed by atoms with Crippen molar-refractivity contribution in [2.75, 3.05) is 5.73 Å². The van der Waals surface area contributed by atoms with Crippen molar-refractivity contribution in [1.29, 1.82) is 0 Å². The van der Waals surface area contributed by atoms with Gasteiger partial charge in [-0.3, -0.25) is 0 Å². The standard InChI is InChI=1S/C13H20FNO/c1-9(2)7-10(3)16-8-11-5-4-6-12(15)13(11)14/h4-6,9-10H,7-8,15H2,1-3H3. The molecule has 0 amide bonds. The lowest BCUT2D eigenvalue weighted by molar-refractivity contribution is 0.0383. The van der Waals surface area contributed by atoms with E-state index in [4.69, 9.17) is 10.5 Å². The zero-order chi connectivity index (χ0) is 12.1. The topological polar surface area (TPSA) is 35.2 Å². The Morgan fingerprint density at radius 2 is 2.00 bits per heavy atom. The monoisotopic (exact) mass is 225 g/mol. The lowest BCUT2D eigenvalue weighted by Gasteiger charge is -2.15. The van der Waals surface area contributed by atoms with E-state index in [1.807, 2.05) is 6.92 Å². The van der Waals surface area contributed by atoms with E-state index in [0.29, 0.717) is 11.5 Å². The van der Waals surface area contributed by atoms with Crippen molar-refractivity contribution in [3.05, 3.63) is 29.6 Å². The number of halogens is 1. The molecule has 0 fully saturated rings. The van der Waals surface area contributed by atoms with Crippen molar-refractivity contribution in [1.82, 2.24) is 0 Å². The Morgan fingerprint density at radius 3 is 2.62 bits per heavy atom. The van der Waals surface area contributed by atoms with Crippen LogP contribution in [0, 0.1) is 11.7 Å². The summed E-state index contributed by atoms with van der Waals surface area (Å²) in [7, 11) is 0. The van der Waals surface area contributed by atoms with Gasteiger partial charge in [0.15, 0.2) is 5.82 Å². The zero-order valence-corrected chi connectivity index (χ0v) is 10.2. The van der Waals surface area contributed by atoms with Crippen molar-refractivity contribution < 1.29 is 9.13 Å². The molecule has 90 valence electrons. The molecule has 0 aliphatic carbocycles. The largest absolute Gasteiger partial charge is 0.396 e. The normalized spacial score (nSPS) is 13.1. The average Bonchev–Trinajstić information content (AvgIpc) is 2.19. The van der Waals surface area contributed by atoms with E-state index in [1.165, 1.54) is 0 Å². The first-order valence-electron chi connectivity index (χ1n) is 5.65. The summed E-state index contributed by atoms with van der Waals surface area (Å²) in [6.45, 7) is 6.57. The summed E-state index contributed by atoms with van der Waals surface area (Å²) in [6.07, 6.45) is 1.12. The van der Waals surface area contributed by atoms with E-state index in [9.17, 15) is 4.39 Å². The van der Waals surface area contributed by atoms with E-state index in [0.717, 1.165) is 6.42 Å². The molecule has 0 saturated heterocycles. The van der Waals surface area contributed by atoms with Crippen molar-refractivity contribution in [3.8, 4) is 0 Å². The Labute approximate surface area is 96.6 Å². The van der Waals surface area contributed by atoms with Gasteiger partial charge in [0.25, 0.3) is 0 Å². The van der Waals surface area contributed by atoms with Gasteiger partial charge >= 0.3 is 0 Å². The number of anilines is 1. The van der Waals surface area contributed by atoms with Gasteiger partial charge in [-0.1, -0.05) is 26.0 Å². The van der Waals surface area contributed by atoms with Gasteiger partial charge in [-0.05, 0) is 25.3 Å². The minimum atomic E-state index is -0.362. The fourth-order valence-corrected chi connectivity index (χ4v) is 1.68. The maximum absolute atomic E-state index is 13.5. The predicted octanol–water partition coefficient (Wildman–Crippen LogP) is 3.36. The van der Waals surface area contributed by atoms with Crippen LogP contribution in [0.3, 0.4) is 0 Å². The molecule has 2 N–H and O–H groups in total. The SMILES string of the molecule is CC(C)CC(C)OCc1cccc(N)c1F. The molecule has 16 heavy (non-hydrogen) atoms. The van der Waals surface area contributed by atoms with Crippen LogP contribution in [-0.4, -0.2) is 6.10 Å². The molecule has 0 aliphatic heterocycles. The molecule has 0 saturated carbocycles. The second-order valence-electron chi connectivity index (χ2n) is 4.57. The Balaban J connectivity index is 2.51. The maximum atomic E-state index is 13.5. The van der Waals surface area contributed by atoms with Gasteiger partial charge in [-0.2, -0.15) is 0 Å². The zero-order valence-electron chi connectivity index (χ0n) is 10.2. The summed E-state index contributed by atoms with van der Waals surface area (Å²) in [5.41, 5.74) is 6.18. The first kappa shape index (κ1) is 13.0. The Bertz CT molecular complexity index is 339. The number of hydrogen-bond donors (Lipinski definition) is 1. The molecule has 0 aromatic heterocycles. The molecular weight excluding hydrogens is 205 g/mol. The molecule has 0 spiro atoms. The Kier molecular flexibility index (Phi) is 4.74. The van der Waals surface area contributed by atoms with Gasteiger partial charge in [-0.25, -0.2) is 4.39 Å². The number of nitrogens with two attached hydrogens (primary N) is 1. The van der Waals surface area contributed by atoms with Gasteiger partial charge in [0.2, 0.25) is 0 Å². The molecule has 3 heteroatoms. The van der Waals surface area contributed by atoms with Crippen molar-refractivity contribution in [3.63, 3.8) is 0 Å². The van der Waals surface area contributed by atoms with Gasteiger partial charge < -0.3 is 10.5 Å². The second-order valence-corrected chi connectivity index (χ2v) is 4.57. The van der Waals surface area contributed by atoms with Crippen LogP contribution in [0.15, 0.2) is 18.2 Å². The highest BCUT2D eigenvalue weighted by Crippen LogP contribution is 2.17. The fourth-order valence-electron chi connectivity index (χ4n) is 1.68. The third-order valence-electron chi connectivity index (χ3n) is 2.44. The first-order valence-corrected chi connectivity index (χ1v) is 5.65. The molecule has 2 nitrogen and oxygen atoms in total. The van der Waals surface area contributed by atoms with E-state index >= 15 is 0 Å². The molecule has 1 aromatic rings. The van der Waals surface area contributed by atoms with E-state index in [1.54, 1.807) is 18.2 Å². The molecule has 0 bridgehead atoms.